The standard InChI is InChI=1S/C11H12N6/c1-17-7-15-16-11(17)6-14-9-3-2-8(5-12)10(13)4-9/h2-4,7,14H,6,13H2,1H3. The zero-order valence-electron chi connectivity index (χ0n) is 9.38. The summed E-state index contributed by atoms with van der Waals surface area (Å²) in [5.41, 5.74) is 7.52. The normalized spacial score (nSPS) is 9.88. The molecule has 2 rings (SSSR count). The molecule has 0 fully saturated rings. The zero-order chi connectivity index (χ0) is 12.3. The Balaban J connectivity index is 2.08. The van der Waals surface area contributed by atoms with E-state index in [-0.39, 0.29) is 0 Å². The molecule has 0 bridgehead atoms. The first kappa shape index (κ1) is 11.0. The summed E-state index contributed by atoms with van der Waals surface area (Å²) in [5.74, 6) is 0.827. The number of aromatic nitrogens is 3. The fraction of sp³-hybridized carbons (Fsp3) is 0.182. The molecular weight excluding hydrogens is 216 g/mol. The first-order valence-electron chi connectivity index (χ1n) is 5.07. The van der Waals surface area contributed by atoms with Crippen LogP contribution in [0.2, 0.25) is 0 Å². The maximum atomic E-state index is 8.75. The minimum absolute atomic E-state index is 0.468. The molecule has 0 saturated carbocycles. The van der Waals surface area contributed by atoms with Crippen LogP contribution in [0.15, 0.2) is 24.5 Å². The Labute approximate surface area is 98.7 Å². The van der Waals surface area contributed by atoms with Crippen LogP contribution in [-0.2, 0) is 13.6 Å². The number of nitrogens with one attached hydrogen (secondary N) is 1. The summed E-state index contributed by atoms with van der Waals surface area (Å²) < 4.78 is 1.83. The number of benzene rings is 1. The number of nitrogens with two attached hydrogens (primary N) is 1. The number of hydrogen-bond acceptors (Lipinski definition) is 5. The Kier molecular flexibility index (Phi) is 2.92. The molecule has 0 spiro atoms. The second-order valence-electron chi connectivity index (χ2n) is 3.63. The second kappa shape index (κ2) is 4.53. The Morgan fingerprint density at radius 2 is 2.35 bits per heavy atom. The molecule has 0 aliphatic rings. The van der Waals surface area contributed by atoms with Crippen LogP contribution in [-0.4, -0.2) is 14.8 Å². The Morgan fingerprint density at radius 3 is 2.94 bits per heavy atom. The minimum Gasteiger partial charge on any atom is -0.398 e. The van der Waals surface area contributed by atoms with Crippen molar-refractivity contribution >= 4 is 11.4 Å². The molecule has 0 aliphatic carbocycles. The predicted octanol–water partition coefficient (Wildman–Crippen LogP) is 0.881. The number of nitrogens with zero attached hydrogens (tertiary/aromatic N) is 4. The van der Waals surface area contributed by atoms with Gasteiger partial charge in [0.2, 0.25) is 0 Å². The topological polar surface area (TPSA) is 92.5 Å². The SMILES string of the molecule is Cn1cnnc1CNc1ccc(C#N)c(N)c1. The lowest BCUT2D eigenvalue weighted by Gasteiger charge is -2.07. The fourth-order valence-corrected chi connectivity index (χ4v) is 1.42. The largest absolute Gasteiger partial charge is 0.398 e. The van der Waals surface area contributed by atoms with Crippen LogP contribution in [0.5, 0.6) is 0 Å². The van der Waals surface area contributed by atoms with E-state index in [0.717, 1.165) is 11.5 Å². The van der Waals surface area contributed by atoms with Crippen molar-refractivity contribution in [3.8, 4) is 6.07 Å². The maximum Gasteiger partial charge on any atom is 0.151 e. The van der Waals surface area contributed by atoms with E-state index in [0.29, 0.717) is 17.8 Å². The molecule has 6 nitrogen and oxygen atoms in total. The molecule has 0 unspecified atom stereocenters. The molecule has 0 radical (unpaired) electrons. The van der Waals surface area contributed by atoms with E-state index < -0.39 is 0 Å². The van der Waals surface area contributed by atoms with Crippen molar-refractivity contribution in [3.05, 3.63) is 35.9 Å². The van der Waals surface area contributed by atoms with Crippen molar-refractivity contribution < 1.29 is 0 Å². The van der Waals surface area contributed by atoms with Crippen molar-refractivity contribution in [1.82, 2.24) is 14.8 Å². The van der Waals surface area contributed by atoms with Crippen LogP contribution in [0.25, 0.3) is 0 Å². The predicted molar refractivity (Wildman–Crippen MR) is 63.9 cm³/mol. The Bertz CT molecular complexity index is 566. The highest BCUT2D eigenvalue weighted by molar-refractivity contribution is 5.62. The third-order valence-electron chi connectivity index (χ3n) is 2.43. The summed E-state index contributed by atoms with van der Waals surface area (Å²) >= 11 is 0. The highest BCUT2D eigenvalue weighted by atomic mass is 15.3. The highest BCUT2D eigenvalue weighted by Gasteiger charge is 2.02. The summed E-state index contributed by atoms with van der Waals surface area (Å²) in [6.45, 7) is 0.557. The summed E-state index contributed by atoms with van der Waals surface area (Å²) in [4.78, 5) is 0. The van der Waals surface area contributed by atoms with Crippen LogP contribution in [0.3, 0.4) is 0 Å². The van der Waals surface area contributed by atoms with E-state index in [4.69, 9.17) is 11.0 Å². The molecule has 0 saturated heterocycles. The van der Waals surface area contributed by atoms with Crippen molar-refractivity contribution in [2.24, 2.45) is 7.05 Å². The number of anilines is 2. The first-order valence-corrected chi connectivity index (χ1v) is 5.07. The van der Waals surface area contributed by atoms with Crippen molar-refractivity contribution in [2.45, 2.75) is 6.54 Å². The van der Waals surface area contributed by atoms with Gasteiger partial charge in [0.15, 0.2) is 5.82 Å². The summed E-state index contributed by atoms with van der Waals surface area (Å²) in [7, 11) is 1.88. The average Bonchev–Trinajstić information content (AvgIpc) is 2.72. The molecule has 86 valence electrons. The molecule has 2 aromatic rings. The van der Waals surface area contributed by atoms with Gasteiger partial charge in [0.25, 0.3) is 0 Å². The molecular formula is C11H12N6. The fourth-order valence-electron chi connectivity index (χ4n) is 1.42. The van der Waals surface area contributed by atoms with Gasteiger partial charge in [-0.15, -0.1) is 10.2 Å². The number of nitrogen functional groups attached to an aromatic ring is 1. The number of hydrogen-bond donors (Lipinski definition) is 2. The molecule has 0 amide bonds. The molecule has 0 atom stereocenters. The van der Waals surface area contributed by atoms with Gasteiger partial charge >= 0.3 is 0 Å². The lowest BCUT2D eigenvalue weighted by Crippen LogP contribution is -2.06. The molecule has 0 aliphatic heterocycles. The van der Waals surface area contributed by atoms with Gasteiger partial charge in [-0.25, -0.2) is 0 Å². The van der Waals surface area contributed by atoms with Gasteiger partial charge in [-0.2, -0.15) is 5.26 Å². The Hall–Kier alpha value is -2.55. The van der Waals surface area contributed by atoms with Gasteiger partial charge in [0, 0.05) is 12.7 Å². The van der Waals surface area contributed by atoms with E-state index in [2.05, 4.69) is 15.5 Å². The number of nitriles is 1. The average molecular weight is 228 g/mol. The summed E-state index contributed by atoms with van der Waals surface area (Å²) in [6, 6.07) is 7.25. The summed E-state index contributed by atoms with van der Waals surface area (Å²) in [5, 5.41) is 19.7. The summed E-state index contributed by atoms with van der Waals surface area (Å²) in [6.07, 6.45) is 1.64. The van der Waals surface area contributed by atoms with Gasteiger partial charge < -0.3 is 15.6 Å². The van der Waals surface area contributed by atoms with Crippen LogP contribution in [0.1, 0.15) is 11.4 Å². The molecule has 1 aromatic heterocycles. The van der Waals surface area contributed by atoms with Gasteiger partial charge in [-0.1, -0.05) is 0 Å². The molecule has 17 heavy (non-hydrogen) atoms. The monoisotopic (exact) mass is 228 g/mol. The molecule has 1 heterocycles. The van der Waals surface area contributed by atoms with E-state index in [1.54, 1.807) is 18.5 Å². The van der Waals surface area contributed by atoms with Crippen LogP contribution in [0, 0.1) is 11.3 Å². The zero-order valence-corrected chi connectivity index (χ0v) is 9.38. The third-order valence-corrected chi connectivity index (χ3v) is 2.43. The molecule has 6 heteroatoms. The van der Waals surface area contributed by atoms with E-state index in [9.17, 15) is 0 Å². The van der Waals surface area contributed by atoms with E-state index in [1.165, 1.54) is 0 Å². The lowest BCUT2D eigenvalue weighted by molar-refractivity contribution is 0.812. The highest BCUT2D eigenvalue weighted by Crippen LogP contribution is 2.17. The quantitative estimate of drug-likeness (QED) is 0.761. The van der Waals surface area contributed by atoms with Crippen molar-refractivity contribution in [3.63, 3.8) is 0 Å². The number of rotatable bonds is 3. The smallest absolute Gasteiger partial charge is 0.151 e. The molecule has 1 aromatic carbocycles. The van der Waals surface area contributed by atoms with Gasteiger partial charge in [-0.3, -0.25) is 0 Å². The van der Waals surface area contributed by atoms with Crippen LogP contribution >= 0.6 is 0 Å². The second-order valence-corrected chi connectivity index (χ2v) is 3.63. The first-order chi connectivity index (χ1) is 8.20. The van der Waals surface area contributed by atoms with Gasteiger partial charge in [0.1, 0.15) is 12.4 Å². The maximum absolute atomic E-state index is 8.75. The van der Waals surface area contributed by atoms with Crippen molar-refractivity contribution in [2.75, 3.05) is 11.1 Å². The van der Waals surface area contributed by atoms with Crippen LogP contribution < -0.4 is 11.1 Å². The third kappa shape index (κ3) is 2.34. The van der Waals surface area contributed by atoms with Crippen molar-refractivity contribution in [1.29, 1.82) is 5.26 Å². The lowest BCUT2D eigenvalue weighted by atomic mass is 10.2. The van der Waals surface area contributed by atoms with E-state index in [1.807, 2.05) is 23.8 Å². The Morgan fingerprint density at radius 1 is 1.53 bits per heavy atom. The van der Waals surface area contributed by atoms with Gasteiger partial charge in [0.05, 0.1) is 17.8 Å². The van der Waals surface area contributed by atoms with E-state index >= 15 is 0 Å². The minimum atomic E-state index is 0.468. The number of aryl methyl sites for hydroxylation is 1. The van der Waals surface area contributed by atoms with Crippen LogP contribution in [0.4, 0.5) is 11.4 Å². The molecule has 3 N–H and O–H groups in total. The van der Waals surface area contributed by atoms with Gasteiger partial charge in [-0.05, 0) is 18.2 Å².